The molecule has 106 valence electrons. The number of benzene rings is 2. The summed E-state index contributed by atoms with van der Waals surface area (Å²) in [7, 11) is 0. The van der Waals surface area contributed by atoms with Crippen molar-refractivity contribution in [1.29, 1.82) is 0 Å². The molecular weight excluding hydrogens is 303 g/mol. The highest BCUT2D eigenvalue weighted by Crippen LogP contribution is 2.53. The monoisotopic (exact) mass is 316 g/mol. The summed E-state index contributed by atoms with van der Waals surface area (Å²) in [6, 6.07) is 16.9. The zero-order valence-corrected chi connectivity index (χ0v) is 12.8. The van der Waals surface area contributed by atoms with Crippen molar-refractivity contribution < 1.29 is 0 Å². The molecular formula is C17H14Cl2N2. The zero-order valence-electron chi connectivity index (χ0n) is 11.3. The normalized spacial score (nSPS) is 20.9. The largest absolute Gasteiger partial charge is 0.323 e. The molecule has 4 rings (SSSR count). The average molecular weight is 317 g/mol. The summed E-state index contributed by atoms with van der Waals surface area (Å²) in [6.45, 7) is 0. The van der Waals surface area contributed by atoms with Gasteiger partial charge in [0.15, 0.2) is 0 Å². The maximum absolute atomic E-state index is 6.15. The van der Waals surface area contributed by atoms with E-state index < -0.39 is 0 Å². The minimum absolute atomic E-state index is 0.421. The second-order valence-corrected chi connectivity index (χ2v) is 6.19. The molecule has 0 bridgehead atoms. The van der Waals surface area contributed by atoms with Gasteiger partial charge in [0.1, 0.15) is 5.82 Å². The Kier molecular flexibility index (Phi) is 3.16. The number of aromatic nitrogens is 2. The van der Waals surface area contributed by atoms with Crippen molar-refractivity contribution in [2.75, 3.05) is 0 Å². The van der Waals surface area contributed by atoms with E-state index in [9.17, 15) is 0 Å². The Morgan fingerprint density at radius 3 is 2.71 bits per heavy atom. The summed E-state index contributed by atoms with van der Waals surface area (Å²) < 4.78 is 2.27. The summed E-state index contributed by atoms with van der Waals surface area (Å²) in [6.07, 6.45) is 1.13. The molecule has 1 heterocycles. The predicted molar refractivity (Wildman–Crippen MR) is 87.1 cm³/mol. The molecule has 1 aromatic heterocycles. The number of fused-ring (bicyclic) bond motifs is 1. The van der Waals surface area contributed by atoms with Gasteiger partial charge in [0.25, 0.3) is 0 Å². The first-order valence-electron chi connectivity index (χ1n) is 7.05. The second kappa shape index (κ2) is 5.04. The van der Waals surface area contributed by atoms with Crippen LogP contribution in [0.2, 0.25) is 5.02 Å². The van der Waals surface area contributed by atoms with Gasteiger partial charge in [0, 0.05) is 17.0 Å². The Hall–Kier alpha value is -1.51. The van der Waals surface area contributed by atoms with Crippen molar-refractivity contribution in [2.24, 2.45) is 0 Å². The number of imidazole rings is 1. The summed E-state index contributed by atoms with van der Waals surface area (Å²) >= 11 is 12.2. The van der Waals surface area contributed by atoms with E-state index in [0.717, 1.165) is 28.3 Å². The van der Waals surface area contributed by atoms with Crippen molar-refractivity contribution >= 4 is 34.2 Å². The molecule has 1 aliphatic rings. The van der Waals surface area contributed by atoms with Crippen molar-refractivity contribution in [3.8, 4) is 0 Å². The quantitative estimate of drug-likeness (QED) is 0.610. The molecule has 2 atom stereocenters. The van der Waals surface area contributed by atoms with Gasteiger partial charge >= 0.3 is 0 Å². The summed E-state index contributed by atoms with van der Waals surface area (Å²) in [4.78, 5) is 4.63. The van der Waals surface area contributed by atoms with Crippen LogP contribution in [-0.4, -0.2) is 9.55 Å². The minimum Gasteiger partial charge on any atom is -0.323 e. The molecule has 0 radical (unpaired) electrons. The fourth-order valence-electron chi connectivity index (χ4n) is 3.11. The molecule has 0 amide bonds. The third kappa shape index (κ3) is 2.23. The van der Waals surface area contributed by atoms with Crippen molar-refractivity contribution in [2.45, 2.75) is 24.3 Å². The van der Waals surface area contributed by atoms with Crippen LogP contribution in [0.25, 0.3) is 11.0 Å². The number of hydrogen-bond acceptors (Lipinski definition) is 1. The van der Waals surface area contributed by atoms with E-state index in [1.807, 2.05) is 18.2 Å². The molecule has 0 spiro atoms. The van der Waals surface area contributed by atoms with Crippen molar-refractivity contribution in [1.82, 2.24) is 9.55 Å². The first-order chi connectivity index (χ1) is 10.3. The van der Waals surface area contributed by atoms with E-state index in [1.54, 1.807) is 0 Å². The molecule has 1 aliphatic carbocycles. The average Bonchev–Trinajstić information content (AvgIpc) is 3.22. The Bertz CT molecular complexity index is 795. The number of hydrogen-bond donors (Lipinski definition) is 0. The van der Waals surface area contributed by atoms with E-state index in [-0.39, 0.29) is 0 Å². The second-order valence-electron chi connectivity index (χ2n) is 5.48. The summed E-state index contributed by atoms with van der Waals surface area (Å²) in [5.41, 5.74) is 3.43. The molecule has 2 aromatic carbocycles. The SMILES string of the molecule is ClCc1nc2ccc(Cl)cc2n1C1CC1c1ccccc1. The lowest BCUT2D eigenvalue weighted by molar-refractivity contribution is 0.706. The fourth-order valence-corrected chi connectivity index (χ4v) is 3.46. The topological polar surface area (TPSA) is 17.8 Å². The fraction of sp³-hybridized carbons (Fsp3) is 0.235. The van der Waals surface area contributed by atoms with Crippen LogP contribution in [0.15, 0.2) is 48.5 Å². The van der Waals surface area contributed by atoms with E-state index in [4.69, 9.17) is 23.2 Å². The van der Waals surface area contributed by atoms with Gasteiger partial charge in [-0.1, -0.05) is 41.9 Å². The molecule has 21 heavy (non-hydrogen) atoms. The van der Waals surface area contributed by atoms with Gasteiger partial charge in [-0.3, -0.25) is 0 Å². The van der Waals surface area contributed by atoms with Crippen LogP contribution in [0.4, 0.5) is 0 Å². The van der Waals surface area contributed by atoms with Crippen molar-refractivity contribution in [3.63, 3.8) is 0 Å². The Labute approximate surface area is 133 Å². The van der Waals surface area contributed by atoms with Gasteiger partial charge in [-0.2, -0.15) is 0 Å². The lowest BCUT2D eigenvalue weighted by Gasteiger charge is -2.08. The molecule has 2 unspecified atom stereocenters. The number of alkyl halides is 1. The van der Waals surface area contributed by atoms with Gasteiger partial charge in [0.05, 0.1) is 16.9 Å². The lowest BCUT2D eigenvalue weighted by atomic mass is 10.1. The van der Waals surface area contributed by atoms with Gasteiger partial charge < -0.3 is 4.57 Å². The first kappa shape index (κ1) is 13.2. The molecule has 1 saturated carbocycles. The molecule has 1 fully saturated rings. The Balaban J connectivity index is 1.79. The molecule has 4 heteroatoms. The number of rotatable bonds is 3. The standard InChI is InChI=1S/C17H14Cl2N2/c18-10-17-20-14-7-6-12(19)8-16(14)21(17)15-9-13(15)11-4-2-1-3-5-11/h1-8,13,15H,9-10H2. The summed E-state index contributed by atoms with van der Waals surface area (Å²) in [5.74, 6) is 1.89. The van der Waals surface area contributed by atoms with Crippen molar-refractivity contribution in [3.05, 3.63) is 64.9 Å². The zero-order chi connectivity index (χ0) is 14.4. The van der Waals surface area contributed by atoms with Crippen LogP contribution >= 0.6 is 23.2 Å². The highest BCUT2D eigenvalue weighted by atomic mass is 35.5. The van der Waals surface area contributed by atoms with Crippen LogP contribution in [0.3, 0.4) is 0 Å². The van der Waals surface area contributed by atoms with Gasteiger partial charge in [0.2, 0.25) is 0 Å². The first-order valence-corrected chi connectivity index (χ1v) is 7.96. The maximum atomic E-state index is 6.15. The van der Waals surface area contributed by atoms with Crippen LogP contribution in [0, 0.1) is 0 Å². The third-order valence-corrected chi connectivity index (χ3v) is 4.63. The molecule has 3 aromatic rings. The van der Waals surface area contributed by atoms with Gasteiger partial charge in [-0.05, 0) is 30.2 Å². The maximum Gasteiger partial charge on any atom is 0.125 e. The molecule has 0 aliphatic heterocycles. The molecule has 0 saturated heterocycles. The Morgan fingerprint density at radius 1 is 1.14 bits per heavy atom. The number of halogens is 2. The highest BCUT2D eigenvalue weighted by molar-refractivity contribution is 6.31. The van der Waals surface area contributed by atoms with Crippen LogP contribution in [0.1, 0.15) is 29.8 Å². The minimum atomic E-state index is 0.421. The lowest BCUT2D eigenvalue weighted by Crippen LogP contribution is -2.01. The van der Waals surface area contributed by atoms with E-state index in [1.165, 1.54) is 5.56 Å². The highest BCUT2D eigenvalue weighted by Gasteiger charge is 2.41. The smallest absolute Gasteiger partial charge is 0.125 e. The number of nitrogens with zero attached hydrogens (tertiary/aromatic N) is 2. The predicted octanol–water partition coefficient (Wildman–Crippen LogP) is 5.16. The van der Waals surface area contributed by atoms with Crippen LogP contribution in [-0.2, 0) is 5.88 Å². The summed E-state index contributed by atoms with van der Waals surface area (Å²) in [5, 5.41) is 0.738. The molecule has 0 N–H and O–H groups in total. The van der Waals surface area contributed by atoms with E-state index in [0.29, 0.717) is 17.8 Å². The van der Waals surface area contributed by atoms with E-state index >= 15 is 0 Å². The van der Waals surface area contributed by atoms with E-state index in [2.05, 4.69) is 39.9 Å². The van der Waals surface area contributed by atoms with Crippen LogP contribution < -0.4 is 0 Å². The van der Waals surface area contributed by atoms with Gasteiger partial charge in [-0.25, -0.2) is 4.98 Å². The van der Waals surface area contributed by atoms with Gasteiger partial charge in [-0.15, -0.1) is 11.6 Å². The third-order valence-electron chi connectivity index (χ3n) is 4.16. The molecule has 2 nitrogen and oxygen atoms in total. The Morgan fingerprint density at radius 2 is 1.95 bits per heavy atom. The van der Waals surface area contributed by atoms with Crippen LogP contribution in [0.5, 0.6) is 0 Å².